The molecule has 3 aromatic rings. The van der Waals surface area contributed by atoms with Crippen molar-refractivity contribution in [2.24, 2.45) is 4.99 Å². The highest BCUT2D eigenvalue weighted by molar-refractivity contribution is 5.79. The number of halogens is 4. The summed E-state index contributed by atoms with van der Waals surface area (Å²) in [5.74, 6) is 0.956. The van der Waals surface area contributed by atoms with Gasteiger partial charge in [0.15, 0.2) is 5.96 Å². The van der Waals surface area contributed by atoms with Gasteiger partial charge in [-0.25, -0.2) is 9.38 Å². The largest absolute Gasteiger partial charge is 0.416 e. The molecule has 0 aliphatic heterocycles. The van der Waals surface area contributed by atoms with Gasteiger partial charge in [0.05, 0.1) is 12.1 Å². The topological polar surface area (TPSA) is 67.1 Å². The molecule has 2 aromatic carbocycles. The summed E-state index contributed by atoms with van der Waals surface area (Å²) in [4.78, 5) is 4.42. The molecule has 3 rings (SSSR count). The molecule has 0 spiro atoms. The zero-order chi connectivity index (χ0) is 23.0. The van der Waals surface area contributed by atoms with E-state index >= 15 is 0 Å². The van der Waals surface area contributed by atoms with Crippen LogP contribution in [0.25, 0.3) is 0 Å². The zero-order valence-electron chi connectivity index (χ0n) is 17.5. The van der Waals surface area contributed by atoms with Gasteiger partial charge in [-0.3, -0.25) is 0 Å². The summed E-state index contributed by atoms with van der Waals surface area (Å²) in [6, 6.07) is 11.1. The van der Waals surface area contributed by atoms with Gasteiger partial charge in [-0.05, 0) is 35.4 Å². The van der Waals surface area contributed by atoms with Crippen molar-refractivity contribution < 1.29 is 17.6 Å². The van der Waals surface area contributed by atoms with Gasteiger partial charge in [-0.2, -0.15) is 13.2 Å². The van der Waals surface area contributed by atoms with E-state index in [1.165, 1.54) is 18.2 Å². The molecule has 0 fully saturated rings. The number of aliphatic imine (C=N–C) groups is 1. The molecule has 170 valence electrons. The van der Waals surface area contributed by atoms with Crippen molar-refractivity contribution in [3.05, 3.63) is 83.2 Å². The maximum absolute atomic E-state index is 13.1. The fourth-order valence-corrected chi connectivity index (χ4v) is 3.01. The Labute approximate surface area is 183 Å². The Balaban J connectivity index is 1.67. The quantitative estimate of drug-likeness (QED) is 0.311. The fourth-order valence-electron chi connectivity index (χ4n) is 3.01. The van der Waals surface area contributed by atoms with Gasteiger partial charge in [-0.15, -0.1) is 10.2 Å². The van der Waals surface area contributed by atoms with Gasteiger partial charge >= 0.3 is 6.18 Å². The number of alkyl halides is 3. The summed E-state index contributed by atoms with van der Waals surface area (Å²) in [6.07, 6.45) is -2.01. The predicted molar refractivity (Wildman–Crippen MR) is 113 cm³/mol. The molecule has 1 heterocycles. The summed E-state index contributed by atoms with van der Waals surface area (Å²) in [5.41, 5.74) is 0.570. The molecular formula is C22H24F4N6. The first-order chi connectivity index (χ1) is 15.3. The van der Waals surface area contributed by atoms with Crippen molar-refractivity contribution in [2.45, 2.75) is 39.2 Å². The van der Waals surface area contributed by atoms with E-state index in [-0.39, 0.29) is 12.4 Å². The van der Waals surface area contributed by atoms with Crippen molar-refractivity contribution >= 4 is 5.96 Å². The molecule has 0 aliphatic carbocycles. The molecule has 6 nitrogen and oxygen atoms in total. The van der Waals surface area contributed by atoms with E-state index in [0.29, 0.717) is 31.2 Å². The monoisotopic (exact) mass is 448 g/mol. The van der Waals surface area contributed by atoms with E-state index < -0.39 is 11.7 Å². The number of aryl methyl sites for hydroxylation is 1. The van der Waals surface area contributed by atoms with Crippen molar-refractivity contribution in [3.63, 3.8) is 0 Å². The first-order valence-electron chi connectivity index (χ1n) is 10.1. The molecule has 0 bridgehead atoms. The van der Waals surface area contributed by atoms with Crippen LogP contribution in [0.5, 0.6) is 0 Å². The van der Waals surface area contributed by atoms with Gasteiger partial charge in [0.25, 0.3) is 0 Å². The van der Waals surface area contributed by atoms with Crippen LogP contribution < -0.4 is 10.6 Å². The SMILES string of the molecule is CCc1nncn1CCNC(=NCc1cccc(C(F)(F)F)c1)NCc1ccc(F)cc1. The van der Waals surface area contributed by atoms with Crippen molar-refractivity contribution in [2.75, 3.05) is 6.54 Å². The smallest absolute Gasteiger partial charge is 0.355 e. The van der Waals surface area contributed by atoms with Crippen LogP contribution in [0.2, 0.25) is 0 Å². The molecule has 1 aromatic heterocycles. The lowest BCUT2D eigenvalue weighted by atomic mass is 10.1. The minimum Gasteiger partial charge on any atom is -0.355 e. The van der Waals surface area contributed by atoms with Crippen LogP contribution in [0.4, 0.5) is 17.6 Å². The second-order valence-electron chi connectivity index (χ2n) is 7.06. The van der Waals surface area contributed by atoms with Gasteiger partial charge in [0.1, 0.15) is 18.0 Å². The van der Waals surface area contributed by atoms with E-state index in [9.17, 15) is 17.6 Å². The van der Waals surface area contributed by atoms with E-state index in [0.717, 1.165) is 29.9 Å². The third-order valence-corrected chi connectivity index (χ3v) is 4.70. The Morgan fingerprint density at radius 3 is 2.56 bits per heavy atom. The van der Waals surface area contributed by atoms with Crippen LogP contribution in [0.1, 0.15) is 29.4 Å². The van der Waals surface area contributed by atoms with Crippen molar-refractivity contribution in [1.82, 2.24) is 25.4 Å². The lowest BCUT2D eigenvalue weighted by Gasteiger charge is -2.14. The molecule has 10 heteroatoms. The average Bonchev–Trinajstić information content (AvgIpc) is 3.23. The Morgan fingerprint density at radius 2 is 1.84 bits per heavy atom. The number of hydrogen-bond acceptors (Lipinski definition) is 3. The minimum absolute atomic E-state index is 0.0650. The lowest BCUT2D eigenvalue weighted by Crippen LogP contribution is -2.38. The van der Waals surface area contributed by atoms with Crippen LogP contribution in [-0.4, -0.2) is 27.3 Å². The molecule has 2 N–H and O–H groups in total. The van der Waals surface area contributed by atoms with Gasteiger partial charge in [0, 0.05) is 26.1 Å². The Hall–Kier alpha value is -3.43. The lowest BCUT2D eigenvalue weighted by molar-refractivity contribution is -0.137. The predicted octanol–water partition coefficient (Wildman–Crippen LogP) is 3.93. The van der Waals surface area contributed by atoms with Crippen LogP contribution in [-0.2, 0) is 32.2 Å². The van der Waals surface area contributed by atoms with Gasteiger partial charge in [0.2, 0.25) is 0 Å². The van der Waals surface area contributed by atoms with Gasteiger partial charge < -0.3 is 15.2 Å². The molecule has 0 aliphatic rings. The molecule has 0 saturated heterocycles. The van der Waals surface area contributed by atoms with Gasteiger partial charge in [-0.1, -0.05) is 31.2 Å². The molecule has 0 saturated carbocycles. The number of hydrogen-bond donors (Lipinski definition) is 2. The molecule has 32 heavy (non-hydrogen) atoms. The fraction of sp³-hybridized carbons (Fsp3) is 0.318. The third-order valence-electron chi connectivity index (χ3n) is 4.70. The van der Waals surface area contributed by atoms with Crippen LogP contribution in [0, 0.1) is 5.82 Å². The van der Waals surface area contributed by atoms with Crippen molar-refractivity contribution in [1.29, 1.82) is 0 Å². The first-order valence-corrected chi connectivity index (χ1v) is 10.1. The minimum atomic E-state index is -4.41. The second-order valence-corrected chi connectivity index (χ2v) is 7.06. The van der Waals surface area contributed by atoms with E-state index in [2.05, 4.69) is 25.8 Å². The highest BCUT2D eigenvalue weighted by Crippen LogP contribution is 2.29. The standard InChI is InChI=1S/C22H24F4N6/c1-2-20-31-30-15-32(20)11-10-27-21(28-13-16-6-8-19(23)9-7-16)29-14-17-4-3-5-18(12-17)22(24,25)26/h3-9,12,15H,2,10-11,13-14H2,1H3,(H2,27,28,29). The molecule has 0 radical (unpaired) electrons. The van der Waals surface area contributed by atoms with Crippen LogP contribution in [0.15, 0.2) is 59.9 Å². The zero-order valence-corrected chi connectivity index (χ0v) is 17.5. The number of nitrogens with zero attached hydrogens (tertiary/aromatic N) is 4. The number of guanidine groups is 1. The number of benzene rings is 2. The summed E-state index contributed by atoms with van der Waals surface area (Å²) < 4.78 is 53.9. The number of aromatic nitrogens is 3. The number of nitrogens with one attached hydrogen (secondary N) is 2. The average molecular weight is 448 g/mol. The maximum atomic E-state index is 13.1. The highest BCUT2D eigenvalue weighted by atomic mass is 19.4. The Bertz CT molecular complexity index is 1030. The van der Waals surface area contributed by atoms with Crippen molar-refractivity contribution in [3.8, 4) is 0 Å². The highest BCUT2D eigenvalue weighted by Gasteiger charge is 2.30. The Kier molecular flexibility index (Phi) is 7.80. The molecular weight excluding hydrogens is 424 g/mol. The second kappa shape index (κ2) is 10.7. The first kappa shape index (κ1) is 23.2. The number of rotatable bonds is 8. The summed E-state index contributed by atoms with van der Waals surface area (Å²) >= 11 is 0. The summed E-state index contributed by atoms with van der Waals surface area (Å²) in [7, 11) is 0. The molecule has 0 amide bonds. The van der Waals surface area contributed by atoms with Crippen LogP contribution in [0.3, 0.4) is 0 Å². The third kappa shape index (κ3) is 6.79. The van der Waals surface area contributed by atoms with Crippen LogP contribution >= 0.6 is 0 Å². The maximum Gasteiger partial charge on any atom is 0.416 e. The van der Waals surface area contributed by atoms with E-state index in [1.807, 2.05) is 11.5 Å². The van der Waals surface area contributed by atoms with E-state index in [1.54, 1.807) is 24.5 Å². The van der Waals surface area contributed by atoms with E-state index in [4.69, 9.17) is 0 Å². The Morgan fingerprint density at radius 1 is 1.06 bits per heavy atom. The summed E-state index contributed by atoms with van der Waals surface area (Å²) in [5, 5.41) is 14.2. The molecule has 0 atom stereocenters. The normalized spacial score (nSPS) is 12.1. The molecule has 0 unspecified atom stereocenters. The summed E-state index contributed by atoms with van der Waals surface area (Å²) in [6.45, 7) is 3.52.